The van der Waals surface area contributed by atoms with Gasteiger partial charge in [0, 0.05) is 19.1 Å². The Hall–Kier alpha value is -1.24. The van der Waals surface area contributed by atoms with Crippen molar-refractivity contribution in [2.45, 2.75) is 36.8 Å². The Balaban J connectivity index is 1.81. The van der Waals surface area contributed by atoms with Crippen LogP contribution in [-0.2, 0) is 18.9 Å². The molecule has 114 valence electrons. The SMILES string of the molecule is C=C[C@]1(O)C[C@@H](OC)O[C@@H]2CO[C@@H](c3ccccc3)O[C@H]21. The fourth-order valence-corrected chi connectivity index (χ4v) is 2.83. The van der Waals surface area contributed by atoms with Gasteiger partial charge in [-0.2, -0.15) is 0 Å². The van der Waals surface area contributed by atoms with Crippen LogP contribution in [0.4, 0.5) is 0 Å². The molecule has 0 saturated carbocycles. The number of rotatable bonds is 3. The predicted octanol–water partition coefficient (Wildman–Crippen LogP) is 1.78. The third-order valence-corrected chi connectivity index (χ3v) is 4.02. The lowest BCUT2D eigenvalue weighted by Gasteiger charge is -2.48. The van der Waals surface area contributed by atoms with Crippen LogP contribution in [0.25, 0.3) is 0 Å². The monoisotopic (exact) mass is 292 g/mol. The summed E-state index contributed by atoms with van der Waals surface area (Å²) in [5.41, 5.74) is -0.281. The first-order valence-electron chi connectivity index (χ1n) is 7.02. The maximum Gasteiger partial charge on any atom is 0.184 e. The Bertz CT molecular complexity index is 491. The summed E-state index contributed by atoms with van der Waals surface area (Å²) in [6, 6.07) is 9.64. The number of fused-ring (bicyclic) bond motifs is 1. The standard InChI is InChI=1S/C16H20O5/c1-3-16(17)9-13(18-2)20-12-10-19-15(21-14(12)16)11-7-5-4-6-8-11/h3-8,12-15,17H,1,9-10H2,2H3/t12-,13+,14-,15-,16+/m1/s1. The van der Waals surface area contributed by atoms with Crippen LogP contribution in [0.3, 0.4) is 0 Å². The maximum absolute atomic E-state index is 10.8. The Morgan fingerprint density at radius 3 is 2.76 bits per heavy atom. The molecule has 0 aromatic heterocycles. The molecule has 0 amide bonds. The molecule has 0 radical (unpaired) electrons. The molecule has 2 saturated heterocycles. The van der Waals surface area contributed by atoms with Crippen molar-refractivity contribution in [1.82, 2.24) is 0 Å². The van der Waals surface area contributed by atoms with Gasteiger partial charge in [0.2, 0.25) is 0 Å². The summed E-state index contributed by atoms with van der Waals surface area (Å²) in [6.45, 7) is 4.07. The zero-order valence-electron chi connectivity index (χ0n) is 12.0. The van der Waals surface area contributed by atoms with Gasteiger partial charge in [-0.05, 0) is 0 Å². The smallest absolute Gasteiger partial charge is 0.184 e. The number of aliphatic hydroxyl groups is 1. The van der Waals surface area contributed by atoms with Crippen molar-refractivity contribution in [3.05, 3.63) is 48.6 Å². The highest BCUT2D eigenvalue weighted by Crippen LogP contribution is 2.39. The minimum Gasteiger partial charge on any atom is -0.383 e. The lowest BCUT2D eigenvalue weighted by atomic mass is 9.86. The van der Waals surface area contributed by atoms with Crippen molar-refractivity contribution in [3.8, 4) is 0 Å². The van der Waals surface area contributed by atoms with Crippen LogP contribution in [0.5, 0.6) is 0 Å². The average molecular weight is 292 g/mol. The highest BCUT2D eigenvalue weighted by atomic mass is 16.7. The molecule has 5 heteroatoms. The molecule has 1 N–H and O–H groups in total. The van der Waals surface area contributed by atoms with Crippen LogP contribution < -0.4 is 0 Å². The van der Waals surface area contributed by atoms with Gasteiger partial charge in [-0.15, -0.1) is 6.58 Å². The number of hydrogen-bond donors (Lipinski definition) is 1. The summed E-state index contributed by atoms with van der Waals surface area (Å²) in [7, 11) is 1.55. The van der Waals surface area contributed by atoms with E-state index >= 15 is 0 Å². The highest BCUT2D eigenvalue weighted by Gasteiger charge is 2.51. The van der Waals surface area contributed by atoms with Crippen LogP contribution in [0.15, 0.2) is 43.0 Å². The van der Waals surface area contributed by atoms with E-state index in [-0.39, 0.29) is 12.5 Å². The normalized spacial score (nSPS) is 39.5. The predicted molar refractivity (Wildman–Crippen MR) is 75.4 cm³/mol. The highest BCUT2D eigenvalue weighted by molar-refractivity contribution is 5.17. The summed E-state index contributed by atoms with van der Waals surface area (Å²) in [4.78, 5) is 0. The molecule has 2 aliphatic heterocycles. The van der Waals surface area contributed by atoms with Gasteiger partial charge in [-0.3, -0.25) is 0 Å². The van der Waals surface area contributed by atoms with E-state index in [9.17, 15) is 5.11 Å². The van der Waals surface area contributed by atoms with Crippen LogP contribution in [0.2, 0.25) is 0 Å². The summed E-state index contributed by atoms with van der Waals surface area (Å²) < 4.78 is 22.6. The molecule has 0 unspecified atom stereocenters. The number of methoxy groups -OCH3 is 1. The van der Waals surface area contributed by atoms with Crippen molar-refractivity contribution >= 4 is 0 Å². The summed E-state index contributed by atoms with van der Waals surface area (Å²) in [6.07, 6.45) is -0.120. The molecule has 1 aromatic carbocycles. The Labute approximate surface area is 124 Å². The average Bonchev–Trinajstić information content (AvgIpc) is 2.55. The van der Waals surface area contributed by atoms with E-state index < -0.39 is 24.3 Å². The minimum absolute atomic E-state index is 0.287. The zero-order valence-corrected chi connectivity index (χ0v) is 12.0. The molecule has 3 rings (SSSR count). The van der Waals surface area contributed by atoms with Crippen molar-refractivity contribution in [2.75, 3.05) is 13.7 Å². The first kappa shape index (κ1) is 14.7. The molecular weight excluding hydrogens is 272 g/mol. The Kier molecular flexibility index (Phi) is 4.10. The third-order valence-electron chi connectivity index (χ3n) is 4.02. The topological polar surface area (TPSA) is 57.2 Å². The minimum atomic E-state index is -1.19. The van der Waals surface area contributed by atoms with Gasteiger partial charge in [0.1, 0.15) is 17.8 Å². The van der Waals surface area contributed by atoms with Crippen LogP contribution in [0, 0.1) is 0 Å². The molecular formula is C16H20O5. The van der Waals surface area contributed by atoms with Gasteiger partial charge < -0.3 is 24.1 Å². The lowest BCUT2D eigenvalue weighted by Crippen LogP contribution is -2.61. The van der Waals surface area contributed by atoms with E-state index in [1.807, 2.05) is 30.3 Å². The van der Waals surface area contributed by atoms with Gasteiger partial charge in [0.05, 0.1) is 6.61 Å². The molecule has 0 bridgehead atoms. The van der Waals surface area contributed by atoms with Crippen LogP contribution >= 0.6 is 0 Å². The molecule has 1 aromatic rings. The van der Waals surface area contributed by atoms with Crippen LogP contribution in [0.1, 0.15) is 18.3 Å². The van der Waals surface area contributed by atoms with Crippen molar-refractivity contribution in [1.29, 1.82) is 0 Å². The van der Waals surface area contributed by atoms with Crippen molar-refractivity contribution in [3.63, 3.8) is 0 Å². The first-order chi connectivity index (χ1) is 10.2. The van der Waals surface area contributed by atoms with Gasteiger partial charge in [-0.1, -0.05) is 36.4 Å². The Morgan fingerprint density at radius 1 is 1.33 bits per heavy atom. The summed E-state index contributed by atoms with van der Waals surface area (Å²) >= 11 is 0. The summed E-state index contributed by atoms with van der Waals surface area (Å²) in [5, 5.41) is 10.8. The van der Waals surface area contributed by atoms with Crippen molar-refractivity contribution in [2.24, 2.45) is 0 Å². The molecule has 5 atom stereocenters. The largest absolute Gasteiger partial charge is 0.383 e. The van der Waals surface area contributed by atoms with E-state index in [0.717, 1.165) is 5.56 Å². The number of ether oxygens (including phenoxy) is 4. The second kappa shape index (κ2) is 5.87. The number of hydrogen-bond acceptors (Lipinski definition) is 5. The third kappa shape index (κ3) is 2.75. The first-order valence-corrected chi connectivity index (χ1v) is 7.02. The van der Waals surface area contributed by atoms with E-state index in [4.69, 9.17) is 18.9 Å². The second-order valence-electron chi connectivity index (χ2n) is 5.37. The molecule has 0 spiro atoms. The molecule has 21 heavy (non-hydrogen) atoms. The van der Waals surface area contributed by atoms with Gasteiger partial charge in [0.25, 0.3) is 0 Å². The molecule has 0 aliphatic carbocycles. The maximum atomic E-state index is 10.8. The molecule has 5 nitrogen and oxygen atoms in total. The van der Waals surface area contributed by atoms with E-state index in [1.54, 1.807) is 7.11 Å². The van der Waals surface area contributed by atoms with E-state index in [1.165, 1.54) is 6.08 Å². The van der Waals surface area contributed by atoms with Gasteiger partial charge in [0.15, 0.2) is 12.6 Å². The zero-order chi connectivity index (χ0) is 14.9. The quantitative estimate of drug-likeness (QED) is 0.861. The lowest BCUT2D eigenvalue weighted by molar-refractivity contribution is -0.348. The molecule has 2 fully saturated rings. The molecule has 2 aliphatic rings. The molecule has 2 heterocycles. The van der Waals surface area contributed by atoms with Crippen LogP contribution in [-0.4, -0.2) is 42.9 Å². The fraction of sp³-hybridized carbons (Fsp3) is 0.500. The van der Waals surface area contributed by atoms with Gasteiger partial charge in [-0.25, -0.2) is 0 Å². The summed E-state index contributed by atoms with van der Waals surface area (Å²) in [5.74, 6) is 0. The Morgan fingerprint density at radius 2 is 2.10 bits per heavy atom. The van der Waals surface area contributed by atoms with Gasteiger partial charge >= 0.3 is 0 Å². The van der Waals surface area contributed by atoms with E-state index in [0.29, 0.717) is 6.61 Å². The van der Waals surface area contributed by atoms with E-state index in [2.05, 4.69) is 6.58 Å². The second-order valence-corrected chi connectivity index (χ2v) is 5.37. The van der Waals surface area contributed by atoms with Crippen molar-refractivity contribution < 1.29 is 24.1 Å². The number of benzene rings is 1. The fourth-order valence-electron chi connectivity index (χ4n) is 2.83.